The number of methoxy groups -OCH3 is 1. The van der Waals surface area contributed by atoms with Crippen molar-refractivity contribution in [3.05, 3.63) is 0 Å². The number of hydrogen-bond donors (Lipinski definition) is 2. The molecule has 1 aliphatic rings. The molecular weight excluding hydrogens is 170 g/mol. The van der Waals surface area contributed by atoms with Gasteiger partial charge in [0.1, 0.15) is 0 Å². The Labute approximate surface area is 78.3 Å². The van der Waals surface area contributed by atoms with E-state index in [1.807, 2.05) is 0 Å². The number of nitrogens with one attached hydrogen (secondary N) is 1. The Morgan fingerprint density at radius 1 is 1.69 bits per heavy atom. The van der Waals surface area contributed by atoms with E-state index in [2.05, 4.69) is 10.1 Å². The third kappa shape index (κ3) is 4.24. The van der Waals surface area contributed by atoms with E-state index in [4.69, 9.17) is 0 Å². The lowest BCUT2D eigenvalue weighted by Crippen LogP contribution is -2.29. The van der Waals surface area contributed by atoms with Crippen LogP contribution in [-0.2, 0) is 9.53 Å². The molecule has 1 fully saturated rings. The summed E-state index contributed by atoms with van der Waals surface area (Å²) in [5, 5.41) is 12.5. The van der Waals surface area contributed by atoms with Gasteiger partial charge in [0.15, 0.2) is 0 Å². The first-order valence-electron chi connectivity index (χ1n) is 4.69. The monoisotopic (exact) mass is 187 g/mol. The van der Waals surface area contributed by atoms with E-state index in [-0.39, 0.29) is 12.1 Å². The fourth-order valence-electron chi connectivity index (χ4n) is 1.19. The summed E-state index contributed by atoms with van der Waals surface area (Å²) in [5.41, 5.74) is 0. The van der Waals surface area contributed by atoms with E-state index in [1.54, 1.807) is 0 Å². The maximum atomic E-state index is 10.7. The highest BCUT2D eigenvalue weighted by molar-refractivity contribution is 5.69. The largest absolute Gasteiger partial charge is 0.469 e. The van der Waals surface area contributed by atoms with Crippen LogP contribution in [0.2, 0.25) is 0 Å². The Morgan fingerprint density at radius 2 is 2.38 bits per heavy atom. The number of carbonyl (C=O) groups is 1. The van der Waals surface area contributed by atoms with E-state index >= 15 is 0 Å². The van der Waals surface area contributed by atoms with Crippen LogP contribution in [0.5, 0.6) is 0 Å². The molecule has 0 spiro atoms. The Balaban J connectivity index is 1.91. The lowest BCUT2D eigenvalue weighted by Gasteiger charge is -2.09. The van der Waals surface area contributed by atoms with Gasteiger partial charge in [-0.3, -0.25) is 4.79 Å². The van der Waals surface area contributed by atoms with E-state index in [1.165, 1.54) is 7.11 Å². The fourth-order valence-corrected chi connectivity index (χ4v) is 1.19. The molecule has 0 aromatic rings. The molecule has 1 saturated carbocycles. The van der Waals surface area contributed by atoms with Crippen molar-refractivity contribution in [3.8, 4) is 0 Å². The molecular formula is C9H17NO3. The van der Waals surface area contributed by atoms with Gasteiger partial charge in [0.25, 0.3) is 0 Å². The van der Waals surface area contributed by atoms with Gasteiger partial charge in [-0.1, -0.05) is 0 Å². The van der Waals surface area contributed by atoms with Crippen LogP contribution in [0, 0.1) is 5.92 Å². The summed E-state index contributed by atoms with van der Waals surface area (Å²) in [5.74, 6) is 0.277. The van der Waals surface area contributed by atoms with Gasteiger partial charge in [-0.2, -0.15) is 0 Å². The van der Waals surface area contributed by atoms with E-state index in [0.29, 0.717) is 25.4 Å². The van der Waals surface area contributed by atoms with Gasteiger partial charge < -0.3 is 15.2 Å². The SMILES string of the molecule is COC(=O)CCNCC(O)C1CC1. The van der Waals surface area contributed by atoms with Crippen molar-refractivity contribution >= 4 is 5.97 Å². The smallest absolute Gasteiger partial charge is 0.306 e. The van der Waals surface area contributed by atoms with Crippen LogP contribution in [0.3, 0.4) is 0 Å². The number of aliphatic hydroxyl groups is 1. The molecule has 0 radical (unpaired) electrons. The fraction of sp³-hybridized carbons (Fsp3) is 0.889. The van der Waals surface area contributed by atoms with Crippen molar-refractivity contribution in [2.75, 3.05) is 20.2 Å². The normalized spacial score (nSPS) is 18.3. The van der Waals surface area contributed by atoms with E-state index in [0.717, 1.165) is 12.8 Å². The Morgan fingerprint density at radius 3 is 2.92 bits per heavy atom. The molecule has 76 valence electrons. The summed E-state index contributed by atoms with van der Waals surface area (Å²) in [7, 11) is 1.38. The second-order valence-corrected chi connectivity index (χ2v) is 3.44. The van der Waals surface area contributed by atoms with Crippen molar-refractivity contribution in [1.29, 1.82) is 0 Å². The second-order valence-electron chi connectivity index (χ2n) is 3.44. The molecule has 0 aromatic carbocycles. The van der Waals surface area contributed by atoms with Crippen LogP contribution in [0.15, 0.2) is 0 Å². The highest BCUT2D eigenvalue weighted by Gasteiger charge is 2.28. The van der Waals surface area contributed by atoms with Crippen LogP contribution in [0.4, 0.5) is 0 Å². The predicted octanol–water partition coefficient (Wildman–Crippen LogP) is -0.0900. The van der Waals surface area contributed by atoms with Crippen molar-refractivity contribution in [3.63, 3.8) is 0 Å². The molecule has 1 atom stereocenters. The van der Waals surface area contributed by atoms with Gasteiger partial charge in [0, 0.05) is 13.1 Å². The minimum absolute atomic E-state index is 0.214. The zero-order valence-electron chi connectivity index (χ0n) is 7.95. The number of esters is 1. The molecule has 1 unspecified atom stereocenters. The summed E-state index contributed by atoms with van der Waals surface area (Å²) in [6.07, 6.45) is 2.41. The molecule has 13 heavy (non-hydrogen) atoms. The first-order valence-corrected chi connectivity index (χ1v) is 4.69. The molecule has 0 aromatic heterocycles. The average Bonchev–Trinajstić information content (AvgIpc) is 2.94. The maximum Gasteiger partial charge on any atom is 0.306 e. The quantitative estimate of drug-likeness (QED) is 0.450. The van der Waals surface area contributed by atoms with Crippen LogP contribution >= 0.6 is 0 Å². The first kappa shape index (κ1) is 10.5. The average molecular weight is 187 g/mol. The molecule has 0 heterocycles. The van der Waals surface area contributed by atoms with E-state index in [9.17, 15) is 9.90 Å². The topological polar surface area (TPSA) is 58.6 Å². The Hall–Kier alpha value is -0.610. The summed E-state index contributed by atoms with van der Waals surface area (Å²) in [6.45, 7) is 1.16. The first-order chi connectivity index (χ1) is 6.24. The summed E-state index contributed by atoms with van der Waals surface area (Å²) < 4.78 is 4.48. The van der Waals surface area contributed by atoms with Gasteiger partial charge in [-0.25, -0.2) is 0 Å². The van der Waals surface area contributed by atoms with Gasteiger partial charge >= 0.3 is 5.97 Å². The molecule has 0 amide bonds. The van der Waals surface area contributed by atoms with Crippen molar-refractivity contribution in [2.24, 2.45) is 5.92 Å². The molecule has 1 aliphatic carbocycles. The third-order valence-corrected chi connectivity index (χ3v) is 2.25. The van der Waals surface area contributed by atoms with Gasteiger partial charge in [-0.15, -0.1) is 0 Å². The number of hydrogen-bond acceptors (Lipinski definition) is 4. The van der Waals surface area contributed by atoms with Crippen LogP contribution in [0.1, 0.15) is 19.3 Å². The summed E-state index contributed by atoms with van der Waals surface area (Å²) in [6, 6.07) is 0. The van der Waals surface area contributed by atoms with Crippen LogP contribution < -0.4 is 5.32 Å². The predicted molar refractivity (Wildman–Crippen MR) is 48.2 cm³/mol. The van der Waals surface area contributed by atoms with Crippen LogP contribution in [0.25, 0.3) is 0 Å². The lowest BCUT2D eigenvalue weighted by molar-refractivity contribution is -0.140. The van der Waals surface area contributed by atoms with Crippen LogP contribution in [-0.4, -0.2) is 37.4 Å². The third-order valence-electron chi connectivity index (χ3n) is 2.25. The minimum Gasteiger partial charge on any atom is -0.469 e. The molecule has 4 heteroatoms. The van der Waals surface area contributed by atoms with Gasteiger partial charge in [0.05, 0.1) is 19.6 Å². The van der Waals surface area contributed by atoms with Crippen molar-refractivity contribution < 1.29 is 14.6 Å². The Bertz CT molecular complexity index is 168. The zero-order valence-corrected chi connectivity index (χ0v) is 7.95. The molecule has 0 aliphatic heterocycles. The van der Waals surface area contributed by atoms with Crippen molar-refractivity contribution in [1.82, 2.24) is 5.32 Å². The van der Waals surface area contributed by atoms with E-state index < -0.39 is 0 Å². The lowest BCUT2D eigenvalue weighted by atomic mass is 10.2. The highest BCUT2D eigenvalue weighted by Crippen LogP contribution is 2.32. The number of aliphatic hydroxyl groups excluding tert-OH is 1. The summed E-state index contributed by atoms with van der Waals surface area (Å²) in [4.78, 5) is 10.7. The maximum absolute atomic E-state index is 10.7. The second kappa shape index (κ2) is 5.19. The zero-order chi connectivity index (χ0) is 9.68. The molecule has 0 bridgehead atoms. The number of ether oxygens (including phenoxy) is 1. The molecule has 1 rings (SSSR count). The minimum atomic E-state index is -0.238. The van der Waals surface area contributed by atoms with Gasteiger partial charge in [0.2, 0.25) is 0 Å². The standard InChI is InChI=1S/C9H17NO3/c1-13-9(12)4-5-10-6-8(11)7-2-3-7/h7-8,10-11H,2-6H2,1H3. The van der Waals surface area contributed by atoms with Gasteiger partial charge in [-0.05, 0) is 18.8 Å². The highest BCUT2D eigenvalue weighted by atomic mass is 16.5. The van der Waals surface area contributed by atoms with Crippen molar-refractivity contribution in [2.45, 2.75) is 25.4 Å². The molecule has 0 saturated heterocycles. The molecule has 4 nitrogen and oxygen atoms in total. The molecule has 2 N–H and O–H groups in total. The number of rotatable bonds is 6. The summed E-state index contributed by atoms with van der Waals surface area (Å²) >= 11 is 0. The Kier molecular flexibility index (Phi) is 4.18. The number of carbonyl (C=O) groups excluding carboxylic acids is 1.